The van der Waals surface area contributed by atoms with Crippen LogP contribution in [-0.2, 0) is 24.4 Å². The Balaban J connectivity index is 0.00000512. The van der Waals surface area contributed by atoms with Crippen molar-refractivity contribution in [2.24, 2.45) is 4.99 Å². The van der Waals surface area contributed by atoms with Crippen LogP contribution in [0.2, 0.25) is 0 Å². The van der Waals surface area contributed by atoms with Crippen molar-refractivity contribution >= 4 is 29.9 Å². The van der Waals surface area contributed by atoms with Crippen molar-refractivity contribution in [2.75, 3.05) is 41.0 Å². The molecule has 0 amide bonds. The second kappa shape index (κ2) is 15.8. The highest BCUT2D eigenvalue weighted by Gasteiger charge is 2.06. The van der Waals surface area contributed by atoms with E-state index in [0.29, 0.717) is 44.4 Å². The smallest absolute Gasteiger partial charge is 0.191 e. The number of hydrogen-bond donors (Lipinski definition) is 2. The van der Waals surface area contributed by atoms with Gasteiger partial charge >= 0.3 is 0 Å². The maximum atomic E-state index is 14.4. The molecule has 2 rings (SSSR count). The van der Waals surface area contributed by atoms with E-state index in [1.807, 2.05) is 62.3 Å². The van der Waals surface area contributed by atoms with E-state index in [0.717, 1.165) is 29.8 Å². The molecule has 0 aliphatic heterocycles. The van der Waals surface area contributed by atoms with E-state index in [4.69, 9.17) is 9.47 Å². The fraction of sp³-hybridized carbons (Fsp3) is 0.458. The highest BCUT2D eigenvalue weighted by molar-refractivity contribution is 14.0. The second-order valence-corrected chi connectivity index (χ2v) is 7.51. The molecule has 178 valence electrons. The predicted octanol–water partition coefficient (Wildman–Crippen LogP) is 4.18. The van der Waals surface area contributed by atoms with Gasteiger partial charge in [0.2, 0.25) is 0 Å². The van der Waals surface area contributed by atoms with Crippen molar-refractivity contribution in [2.45, 2.75) is 33.0 Å². The van der Waals surface area contributed by atoms with Gasteiger partial charge in [-0.3, -0.25) is 0 Å². The van der Waals surface area contributed by atoms with E-state index in [2.05, 4.69) is 15.6 Å². The lowest BCUT2D eigenvalue weighted by atomic mass is 10.1. The summed E-state index contributed by atoms with van der Waals surface area (Å²) in [5, 5.41) is 6.67. The molecule has 0 saturated carbocycles. The molecule has 0 atom stereocenters. The minimum absolute atomic E-state index is 0. The third-order valence-corrected chi connectivity index (χ3v) is 4.60. The summed E-state index contributed by atoms with van der Waals surface area (Å²) in [5.41, 5.74) is 2.63. The number of rotatable bonds is 12. The van der Waals surface area contributed by atoms with Gasteiger partial charge in [-0.25, -0.2) is 9.38 Å². The molecule has 2 aromatic carbocycles. The molecule has 0 fully saturated rings. The van der Waals surface area contributed by atoms with E-state index >= 15 is 0 Å². The molecule has 6 nitrogen and oxygen atoms in total. The van der Waals surface area contributed by atoms with Crippen molar-refractivity contribution in [1.29, 1.82) is 0 Å². The fourth-order valence-corrected chi connectivity index (χ4v) is 2.96. The largest absolute Gasteiger partial charge is 0.497 e. The molecule has 2 N–H and O–H groups in total. The van der Waals surface area contributed by atoms with Crippen molar-refractivity contribution in [3.63, 3.8) is 0 Å². The standard InChI is InChI=1S/C24H35FN4O2.HI/c1-5-31-14-6-13-26-24(27-16-19-8-11-22(30-4)12-9-19)28-17-20-7-10-21(18-29(2)3)23(25)15-20;/h7-12,15H,5-6,13-14,16-18H2,1-4H3,(H2,26,27,28);1H. The average molecular weight is 558 g/mol. The quantitative estimate of drug-likeness (QED) is 0.177. The first-order valence-corrected chi connectivity index (χ1v) is 10.7. The van der Waals surface area contributed by atoms with Gasteiger partial charge < -0.3 is 25.0 Å². The molecule has 2 aromatic rings. The zero-order valence-electron chi connectivity index (χ0n) is 19.5. The van der Waals surface area contributed by atoms with Crippen LogP contribution in [0.4, 0.5) is 4.39 Å². The van der Waals surface area contributed by atoms with Gasteiger partial charge in [0.25, 0.3) is 0 Å². The van der Waals surface area contributed by atoms with Gasteiger partial charge in [-0.2, -0.15) is 0 Å². The summed E-state index contributed by atoms with van der Waals surface area (Å²) in [6.45, 7) is 5.73. The van der Waals surface area contributed by atoms with Crippen LogP contribution in [0, 0.1) is 5.82 Å². The minimum Gasteiger partial charge on any atom is -0.497 e. The highest BCUT2D eigenvalue weighted by Crippen LogP contribution is 2.13. The third-order valence-electron chi connectivity index (χ3n) is 4.60. The third kappa shape index (κ3) is 10.6. The second-order valence-electron chi connectivity index (χ2n) is 7.51. The Morgan fingerprint density at radius 1 is 1.06 bits per heavy atom. The van der Waals surface area contributed by atoms with Gasteiger partial charge in [-0.1, -0.05) is 24.3 Å². The summed E-state index contributed by atoms with van der Waals surface area (Å²) < 4.78 is 25.0. The number of halogens is 2. The Morgan fingerprint density at radius 2 is 1.78 bits per heavy atom. The van der Waals surface area contributed by atoms with Gasteiger partial charge in [0.1, 0.15) is 11.6 Å². The van der Waals surface area contributed by atoms with Crippen molar-refractivity contribution in [3.8, 4) is 5.75 Å². The van der Waals surface area contributed by atoms with Crippen LogP contribution in [0.1, 0.15) is 30.0 Å². The summed E-state index contributed by atoms with van der Waals surface area (Å²) in [6.07, 6.45) is 0.880. The minimum atomic E-state index is -0.196. The van der Waals surface area contributed by atoms with E-state index in [-0.39, 0.29) is 29.8 Å². The van der Waals surface area contributed by atoms with Crippen molar-refractivity contribution in [1.82, 2.24) is 15.5 Å². The Labute approximate surface area is 208 Å². The summed E-state index contributed by atoms with van der Waals surface area (Å²) in [6, 6.07) is 13.2. The number of nitrogens with zero attached hydrogens (tertiary/aromatic N) is 2. The monoisotopic (exact) mass is 558 g/mol. The number of methoxy groups -OCH3 is 1. The van der Waals surface area contributed by atoms with E-state index in [1.54, 1.807) is 13.2 Å². The first-order chi connectivity index (χ1) is 15.0. The van der Waals surface area contributed by atoms with Gasteiger partial charge in [0.15, 0.2) is 5.96 Å². The molecule has 8 heteroatoms. The summed E-state index contributed by atoms with van der Waals surface area (Å²) >= 11 is 0. The number of ether oxygens (including phenoxy) is 2. The van der Waals surface area contributed by atoms with Crippen LogP contribution in [0.25, 0.3) is 0 Å². The van der Waals surface area contributed by atoms with Gasteiger partial charge in [-0.05, 0) is 56.8 Å². The lowest BCUT2D eigenvalue weighted by molar-refractivity contribution is 0.145. The van der Waals surface area contributed by atoms with Crippen LogP contribution in [0.3, 0.4) is 0 Å². The molecule has 0 aromatic heterocycles. The maximum Gasteiger partial charge on any atom is 0.191 e. The van der Waals surface area contributed by atoms with E-state index in [9.17, 15) is 4.39 Å². The Hall–Kier alpha value is -1.91. The summed E-state index contributed by atoms with van der Waals surface area (Å²) in [4.78, 5) is 6.59. The summed E-state index contributed by atoms with van der Waals surface area (Å²) in [5.74, 6) is 1.32. The first-order valence-electron chi connectivity index (χ1n) is 10.7. The number of benzene rings is 2. The van der Waals surface area contributed by atoms with Crippen LogP contribution in [-0.4, -0.2) is 51.8 Å². The van der Waals surface area contributed by atoms with Crippen LogP contribution in [0.15, 0.2) is 47.5 Å². The zero-order chi connectivity index (χ0) is 22.5. The van der Waals surface area contributed by atoms with E-state index in [1.165, 1.54) is 0 Å². The van der Waals surface area contributed by atoms with Crippen molar-refractivity contribution in [3.05, 3.63) is 65.0 Å². The summed E-state index contributed by atoms with van der Waals surface area (Å²) in [7, 11) is 5.51. The molecule has 0 radical (unpaired) electrons. The zero-order valence-corrected chi connectivity index (χ0v) is 21.8. The molecule has 0 unspecified atom stereocenters. The molecule has 0 heterocycles. The number of hydrogen-bond acceptors (Lipinski definition) is 4. The van der Waals surface area contributed by atoms with Crippen LogP contribution in [0.5, 0.6) is 5.75 Å². The highest BCUT2D eigenvalue weighted by atomic mass is 127. The normalized spacial score (nSPS) is 11.2. The SMILES string of the molecule is CCOCCCNC(=NCc1ccc(CN(C)C)c(F)c1)NCc1ccc(OC)cc1.I. The number of nitrogens with one attached hydrogen (secondary N) is 2. The molecule has 0 bridgehead atoms. The molecule has 0 aliphatic carbocycles. The van der Waals surface area contributed by atoms with Crippen LogP contribution >= 0.6 is 24.0 Å². The van der Waals surface area contributed by atoms with Gasteiger partial charge in [0.05, 0.1) is 13.7 Å². The molecular formula is C24H36FIN4O2. The Morgan fingerprint density at radius 3 is 2.41 bits per heavy atom. The lowest BCUT2D eigenvalue weighted by Crippen LogP contribution is -2.37. The molecule has 0 aliphatic rings. The fourth-order valence-electron chi connectivity index (χ4n) is 2.96. The first kappa shape index (κ1) is 28.1. The lowest BCUT2D eigenvalue weighted by Gasteiger charge is -2.14. The number of aliphatic imine (C=N–C) groups is 1. The predicted molar refractivity (Wildman–Crippen MR) is 139 cm³/mol. The topological polar surface area (TPSA) is 58.1 Å². The van der Waals surface area contributed by atoms with Gasteiger partial charge in [-0.15, -0.1) is 24.0 Å². The number of guanidine groups is 1. The Kier molecular flexibility index (Phi) is 13.9. The van der Waals surface area contributed by atoms with Crippen molar-refractivity contribution < 1.29 is 13.9 Å². The maximum absolute atomic E-state index is 14.4. The molecule has 0 saturated heterocycles. The van der Waals surface area contributed by atoms with Gasteiger partial charge in [0, 0.05) is 38.4 Å². The molecule has 32 heavy (non-hydrogen) atoms. The van der Waals surface area contributed by atoms with E-state index < -0.39 is 0 Å². The molecular weight excluding hydrogens is 522 g/mol. The van der Waals surface area contributed by atoms with Crippen LogP contribution < -0.4 is 15.4 Å². The Bertz CT molecular complexity index is 816. The average Bonchev–Trinajstić information content (AvgIpc) is 2.76. The molecule has 0 spiro atoms.